The minimum atomic E-state index is -0.706. The Hall–Kier alpha value is -0.240. The summed E-state index contributed by atoms with van der Waals surface area (Å²) in [5, 5.41) is 12.0. The van der Waals surface area contributed by atoms with Crippen molar-refractivity contribution in [2.24, 2.45) is 5.41 Å². The third-order valence-corrected chi connectivity index (χ3v) is 6.00. The number of halogens is 2. The number of hydrogen-bond acceptors (Lipinski definition) is 1. The van der Waals surface area contributed by atoms with E-state index in [1.165, 1.54) is 25.7 Å². The van der Waals surface area contributed by atoms with Crippen LogP contribution in [0.3, 0.4) is 0 Å². The molecule has 0 aromatic heterocycles. The molecule has 0 radical (unpaired) electrons. The molecule has 1 aromatic carbocycles. The van der Waals surface area contributed by atoms with Gasteiger partial charge in [-0.3, -0.25) is 0 Å². The molecule has 1 spiro atoms. The Balaban J connectivity index is 1.79. The Morgan fingerprint density at radius 3 is 2.05 bits per heavy atom. The van der Waals surface area contributed by atoms with Crippen LogP contribution in [0.2, 0.25) is 10.0 Å². The summed E-state index contributed by atoms with van der Waals surface area (Å²) >= 11 is 12.0. The van der Waals surface area contributed by atoms with Gasteiger partial charge >= 0.3 is 0 Å². The van der Waals surface area contributed by atoms with E-state index in [9.17, 15) is 5.11 Å². The first-order valence-electron chi connectivity index (χ1n) is 7.21. The summed E-state index contributed by atoms with van der Waals surface area (Å²) in [7, 11) is 0. The highest BCUT2D eigenvalue weighted by Gasteiger charge is 2.43. The topological polar surface area (TPSA) is 20.2 Å². The van der Waals surface area contributed by atoms with E-state index in [4.69, 9.17) is 23.2 Å². The normalized spacial score (nSPS) is 24.8. The molecule has 1 nitrogen and oxygen atoms in total. The summed E-state index contributed by atoms with van der Waals surface area (Å²) in [6.07, 6.45) is 9.43. The van der Waals surface area contributed by atoms with Crippen molar-refractivity contribution < 1.29 is 5.11 Å². The zero-order chi connectivity index (χ0) is 13.5. The summed E-state index contributed by atoms with van der Waals surface area (Å²) in [4.78, 5) is 0. The minimum absolute atomic E-state index is 0.530. The summed E-state index contributed by atoms with van der Waals surface area (Å²) < 4.78 is 0. The van der Waals surface area contributed by atoms with Gasteiger partial charge in [0.05, 0.1) is 15.6 Å². The monoisotopic (exact) mass is 298 g/mol. The maximum atomic E-state index is 10.9. The van der Waals surface area contributed by atoms with Crippen molar-refractivity contribution in [2.45, 2.75) is 57.0 Å². The first-order valence-corrected chi connectivity index (χ1v) is 7.97. The Morgan fingerprint density at radius 2 is 1.47 bits per heavy atom. The molecule has 19 heavy (non-hydrogen) atoms. The SMILES string of the molecule is OC1(c2ccc(Cl)c(Cl)c2)CCC2(CCCC2)CC1. The molecule has 0 amide bonds. The van der Waals surface area contributed by atoms with E-state index in [0.29, 0.717) is 15.5 Å². The third-order valence-electron chi connectivity index (χ3n) is 5.26. The number of benzene rings is 1. The van der Waals surface area contributed by atoms with Crippen LogP contribution in [0.1, 0.15) is 56.9 Å². The van der Waals surface area contributed by atoms with Gasteiger partial charge < -0.3 is 5.11 Å². The largest absolute Gasteiger partial charge is 0.385 e. The maximum absolute atomic E-state index is 10.9. The zero-order valence-electron chi connectivity index (χ0n) is 11.1. The van der Waals surface area contributed by atoms with Crippen molar-refractivity contribution in [3.05, 3.63) is 33.8 Å². The van der Waals surface area contributed by atoms with E-state index in [1.807, 2.05) is 12.1 Å². The van der Waals surface area contributed by atoms with E-state index in [1.54, 1.807) is 6.07 Å². The quantitative estimate of drug-likeness (QED) is 0.744. The van der Waals surface area contributed by atoms with Crippen LogP contribution >= 0.6 is 23.2 Å². The van der Waals surface area contributed by atoms with E-state index < -0.39 is 5.60 Å². The maximum Gasteiger partial charge on any atom is 0.0897 e. The molecule has 3 heteroatoms. The van der Waals surface area contributed by atoms with Gasteiger partial charge in [0.2, 0.25) is 0 Å². The van der Waals surface area contributed by atoms with E-state index in [0.717, 1.165) is 31.2 Å². The van der Waals surface area contributed by atoms with Crippen molar-refractivity contribution in [3.8, 4) is 0 Å². The van der Waals surface area contributed by atoms with Crippen molar-refractivity contribution in [1.29, 1.82) is 0 Å². The molecule has 2 aliphatic rings. The van der Waals surface area contributed by atoms with Crippen molar-refractivity contribution in [1.82, 2.24) is 0 Å². The molecule has 2 aliphatic carbocycles. The molecular weight excluding hydrogens is 279 g/mol. The number of hydrogen-bond donors (Lipinski definition) is 1. The van der Waals surface area contributed by atoms with Gasteiger partial charge in [0.25, 0.3) is 0 Å². The van der Waals surface area contributed by atoms with Crippen LogP contribution in [0.25, 0.3) is 0 Å². The molecule has 3 rings (SSSR count). The Labute approximate surface area is 124 Å². The van der Waals surface area contributed by atoms with Crippen LogP contribution in [0.5, 0.6) is 0 Å². The lowest BCUT2D eigenvalue weighted by Crippen LogP contribution is -2.35. The lowest BCUT2D eigenvalue weighted by atomic mass is 9.66. The Kier molecular flexibility index (Phi) is 3.57. The first-order chi connectivity index (χ1) is 9.03. The molecule has 0 saturated heterocycles. The smallest absolute Gasteiger partial charge is 0.0897 e. The van der Waals surface area contributed by atoms with Gasteiger partial charge in [-0.05, 0) is 61.6 Å². The molecule has 2 fully saturated rings. The lowest BCUT2D eigenvalue weighted by Gasteiger charge is -2.42. The zero-order valence-corrected chi connectivity index (χ0v) is 12.6. The van der Waals surface area contributed by atoms with E-state index in [2.05, 4.69) is 0 Å². The average Bonchev–Trinajstić information content (AvgIpc) is 2.86. The second-order valence-corrected chi connectivity index (χ2v) is 7.18. The fourth-order valence-corrected chi connectivity index (χ4v) is 4.19. The molecule has 0 heterocycles. The molecule has 1 aromatic rings. The molecule has 0 atom stereocenters. The average molecular weight is 299 g/mol. The van der Waals surface area contributed by atoms with Gasteiger partial charge in [-0.2, -0.15) is 0 Å². The number of aliphatic hydroxyl groups is 1. The summed E-state index contributed by atoms with van der Waals surface area (Å²) in [5.41, 5.74) is 0.750. The highest BCUT2D eigenvalue weighted by Crippen LogP contribution is 2.53. The second kappa shape index (κ2) is 4.95. The predicted octanol–water partition coefficient (Wildman–Crippen LogP) is 5.32. The summed E-state index contributed by atoms with van der Waals surface area (Å²) in [5.74, 6) is 0. The highest BCUT2D eigenvalue weighted by molar-refractivity contribution is 6.42. The van der Waals surface area contributed by atoms with Crippen LogP contribution in [-0.4, -0.2) is 5.11 Å². The van der Waals surface area contributed by atoms with Crippen molar-refractivity contribution in [3.63, 3.8) is 0 Å². The van der Waals surface area contributed by atoms with Gasteiger partial charge in [0.15, 0.2) is 0 Å². The van der Waals surface area contributed by atoms with Crippen LogP contribution in [0.15, 0.2) is 18.2 Å². The van der Waals surface area contributed by atoms with Crippen molar-refractivity contribution in [2.75, 3.05) is 0 Å². The fraction of sp³-hybridized carbons (Fsp3) is 0.625. The van der Waals surface area contributed by atoms with Gasteiger partial charge in [0.1, 0.15) is 0 Å². The summed E-state index contributed by atoms with van der Waals surface area (Å²) in [6, 6.07) is 5.54. The first kappa shape index (κ1) is 13.7. The van der Waals surface area contributed by atoms with Gasteiger partial charge in [-0.15, -0.1) is 0 Å². The van der Waals surface area contributed by atoms with Crippen LogP contribution in [0, 0.1) is 5.41 Å². The van der Waals surface area contributed by atoms with E-state index >= 15 is 0 Å². The van der Waals surface area contributed by atoms with Crippen LogP contribution in [-0.2, 0) is 5.60 Å². The molecule has 0 unspecified atom stereocenters. The molecule has 104 valence electrons. The fourth-order valence-electron chi connectivity index (χ4n) is 3.89. The van der Waals surface area contributed by atoms with Gasteiger partial charge in [0, 0.05) is 0 Å². The minimum Gasteiger partial charge on any atom is -0.385 e. The lowest BCUT2D eigenvalue weighted by molar-refractivity contribution is -0.0376. The van der Waals surface area contributed by atoms with Gasteiger partial charge in [-0.1, -0.05) is 42.1 Å². The number of rotatable bonds is 1. The molecule has 0 aliphatic heterocycles. The molecule has 2 saturated carbocycles. The highest BCUT2D eigenvalue weighted by atomic mass is 35.5. The van der Waals surface area contributed by atoms with Gasteiger partial charge in [-0.25, -0.2) is 0 Å². The second-order valence-electron chi connectivity index (χ2n) is 6.37. The molecule has 1 N–H and O–H groups in total. The Bertz CT molecular complexity index is 468. The Morgan fingerprint density at radius 1 is 0.842 bits per heavy atom. The van der Waals surface area contributed by atoms with Crippen LogP contribution in [0.4, 0.5) is 0 Å². The standard InChI is InChI=1S/C16H20Cl2O/c17-13-4-3-12(11-14(13)18)16(19)9-7-15(8-10-16)5-1-2-6-15/h3-4,11,19H,1-2,5-10H2. The molecule has 0 bridgehead atoms. The van der Waals surface area contributed by atoms with E-state index in [-0.39, 0.29) is 0 Å². The summed E-state index contributed by atoms with van der Waals surface area (Å²) in [6.45, 7) is 0. The van der Waals surface area contributed by atoms with Crippen LogP contribution < -0.4 is 0 Å². The predicted molar refractivity (Wildman–Crippen MR) is 79.7 cm³/mol. The van der Waals surface area contributed by atoms with Crippen molar-refractivity contribution >= 4 is 23.2 Å². The molecular formula is C16H20Cl2O. The third kappa shape index (κ3) is 2.53.